The predicted molar refractivity (Wildman–Crippen MR) is 105 cm³/mol. The number of pyridine rings is 1. The summed E-state index contributed by atoms with van der Waals surface area (Å²) in [6, 6.07) is 9.90. The van der Waals surface area contributed by atoms with Gasteiger partial charge in [0.1, 0.15) is 0 Å². The highest BCUT2D eigenvalue weighted by molar-refractivity contribution is 7.13. The van der Waals surface area contributed by atoms with Gasteiger partial charge in [0.15, 0.2) is 5.13 Å². The molecule has 3 rings (SSSR count). The second-order valence-corrected chi connectivity index (χ2v) is 7.20. The van der Waals surface area contributed by atoms with Crippen molar-refractivity contribution in [3.63, 3.8) is 0 Å². The van der Waals surface area contributed by atoms with Gasteiger partial charge in [0.2, 0.25) is 5.91 Å². The Kier molecular flexibility index (Phi) is 5.63. The maximum atomic E-state index is 12.5. The van der Waals surface area contributed by atoms with Crippen LogP contribution in [0.25, 0.3) is 0 Å². The molecule has 1 amide bonds. The van der Waals surface area contributed by atoms with E-state index in [1.807, 2.05) is 17.5 Å². The predicted octanol–water partition coefficient (Wildman–Crippen LogP) is 3.58. The molecule has 1 aromatic carbocycles. The second kappa shape index (κ2) is 8.10. The van der Waals surface area contributed by atoms with E-state index in [0.717, 1.165) is 16.8 Å². The number of anilines is 1. The van der Waals surface area contributed by atoms with Gasteiger partial charge in [-0.05, 0) is 48.6 Å². The molecule has 2 aromatic heterocycles. The fraction of sp³-hybridized carbons (Fsp3) is 0.250. The van der Waals surface area contributed by atoms with Gasteiger partial charge in [-0.3, -0.25) is 9.78 Å². The Labute approximate surface area is 157 Å². The van der Waals surface area contributed by atoms with E-state index < -0.39 is 0 Å². The average Bonchev–Trinajstić information content (AvgIpc) is 3.06. The number of nitrogens with one attached hydrogen (secondary N) is 1. The summed E-state index contributed by atoms with van der Waals surface area (Å²) in [7, 11) is 0. The van der Waals surface area contributed by atoms with E-state index >= 15 is 0 Å². The lowest BCUT2D eigenvalue weighted by atomic mass is 9.96. The third-order valence-corrected chi connectivity index (χ3v) is 5.09. The van der Waals surface area contributed by atoms with Crippen molar-refractivity contribution in [2.75, 3.05) is 5.73 Å². The van der Waals surface area contributed by atoms with Crippen LogP contribution in [0.5, 0.6) is 0 Å². The highest BCUT2D eigenvalue weighted by Gasteiger charge is 2.18. The number of thiazole rings is 1. The summed E-state index contributed by atoms with van der Waals surface area (Å²) < 4.78 is 0. The van der Waals surface area contributed by atoms with Gasteiger partial charge in [0.25, 0.3) is 0 Å². The second-order valence-electron chi connectivity index (χ2n) is 6.31. The molecule has 3 aromatic rings. The van der Waals surface area contributed by atoms with Crippen molar-refractivity contribution in [3.05, 3.63) is 76.1 Å². The zero-order valence-electron chi connectivity index (χ0n) is 14.9. The standard InChI is InChI=1S/C20H22N4OS/c1-13-5-6-15(10-14(13)2)19(16-4-3-9-22-11-16)24-18(25)8-7-17-12-26-20(21)23-17/h3-6,9-12,19H,7-8H2,1-2H3,(H2,21,23)(H,24,25)/t19-/m0/s1. The number of rotatable bonds is 6. The first-order valence-corrected chi connectivity index (χ1v) is 9.37. The summed E-state index contributed by atoms with van der Waals surface area (Å²) in [5, 5.41) is 5.56. The smallest absolute Gasteiger partial charge is 0.221 e. The van der Waals surface area contributed by atoms with Crippen LogP contribution in [0, 0.1) is 13.8 Å². The van der Waals surface area contributed by atoms with Gasteiger partial charge in [-0.25, -0.2) is 4.98 Å². The topological polar surface area (TPSA) is 80.9 Å². The molecule has 26 heavy (non-hydrogen) atoms. The largest absolute Gasteiger partial charge is 0.375 e. The van der Waals surface area contributed by atoms with E-state index in [9.17, 15) is 4.79 Å². The number of nitrogens with zero attached hydrogens (tertiary/aromatic N) is 2. The molecular formula is C20H22N4OS. The van der Waals surface area contributed by atoms with Crippen LogP contribution in [0.4, 0.5) is 5.13 Å². The number of hydrogen-bond donors (Lipinski definition) is 2. The molecule has 0 spiro atoms. The van der Waals surface area contributed by atoms with E-state index in [1.54, 1.807) is 12.4 Å². The number of amides is 1. The lowest BCUT2D eigenvalue weighted by molar-refractivity contribution is -0.121. The van der Waals surface area contributed by atoms with Crippen molar-refractivity contribution in [1.29, 1.82) is 0 Å². The lowest BCUT2D eigenvalue weighted by Crippen LogP contribution is -2.29. The first kappa shape index (κ1) is 18.1. The van der Waals surface area contributed by atoms with Crippen LogP contribution in [-0.2, 0) is 11.2 Å². The summed E-state index contributed by atoms with van der Waals surface area (Å²) in [6.45, 7) is 4.16. The Morgan fingerprint density at radius 2 is 2.08 bits per heavy atom. The molecule has 0 saturated carbocycles. The van der Waals surface area contributed by atoms with E-state index in [0.29, 0.717) is 18.0 Å². The van der Waals surface area contributed by atoms with Crippen molar-refractivity contribution >= 4 is 22.4 Å². The molecule has 134 valence electrons. The Morgan fingerprint density at radius 1 is 1.23 bits per heavy atom. The SMILES string of the molecule is Cc1ccc([C@H](NC(=O)CCc2csc(N)n2)c2cccnc2)cc1C. The van der Waals surface area contributed by atoms with Gasteiger partial charge in [-0.2, -0.15) is 0 Å². The molecule has 2 heterocycles. The summed E-state index contributed by atoms with van der Waals surface area (Å²) in [5.41, 5.74) is 10.9. The molecular weight excluding hydrogens is 344 g/mol. The van der Waals surface area contributed by atoms with E-state index in [-0.39, 0.29) is 11.9 Å². The Balaban J connectivity index is 1.77. The minimum Gasteiger partial charge on any atom is -0.375 e. The summed E-state index contributed by atoms with van der Waals surface area (Å²) in [5.74, 6) is -0.0244. The third-order valence-electron chi connectivity index (χ3n) is 4.37. The van der Waals surface area contributed by atoms with Crippen LogP contribution in [0.3, 0.4) is 0 Å². The number of carbonyl (C=O) groups excluding carboxylic acids is 1. The van der Waals surface area contributed by atoms with Crippen LogP contribution >= 0.6 is 11.3 Å². The molecule has 5 nitrogen and oxygen atoms in total. The molecule has 1 atom stereocenters. The fourth-order valence-electron chi connectivity index (χ4n) is 2.76. The number of aromatic nitrogens is 2. The van der Waals surface area contributed by atoms with Gasteiger partial charge in [0.05, 0.1) is 11.7 Å². The van der Waals surface area contributed by atoms with Crippen LogP contribution in [-0.4, -0.2) is 15.9 Å². The number of aryl methyl sites for hydroxylation is 3. The lowest BCUT2D eigenvalue weighted by Gasteiger charge is -2.20. The van der Waals surface area contributed by atoms with Gasteiger partial charge >= 0.3 is 0 Å². The molecule has 0 aliphatic heterocycles. The molecule has 0 saturated heterocycles. The zero-order valence-corrected chi connectivity index (χ0v) is 15.7. The Bertz CT molecular complexity index is 892. The maximum absolute atomic E-state index is 12.5. The van der Waals surface area contributed by atoms with E-state index in [4.69, 9.17) is 5.73 Å². The number of nitrogen functional groups attached to an aromatic ring is 1. The maximum Gasteiger partial charge on any atom is 0.221 e. The van der Waals surface area contributed by atoms with Crippen LogP contribution in [0.2, 0.25) is 0 Å². The summed E-state index contributed by atoms with van der Waals surface area (Å²) in [6.07, 6.45) is 4.47. The molecule has 6 heteroatoms. The van der Waals surface area contributed by atoms with Crippen molar-refractivity contribution in [2.45, 2.75) is 32.7 Å². The molecule has 0 aliphatic carbocycles. The van der Waals surface area contributed by atoms with Gasteiger partial charge in [-0.15, -0.1) is 11.3 Å². The van der Waals surface area contributed by atoms with E-state index in [1.165, 1.54) is 22.5 Å². The van der Waals surface area contributed by atoms with Gasteiger partial charge < -0.3 is 11.1 Å². The quantitative estimate of drug-likeness (QED) is 0.699. The summed E-state index contributed by atoms with van der Waals surface area (Å²) >= 11 is 1.39. The summed E-state index contributed by atoms with van der Waals surface area (Å²) in [4.78, 5) is 21.0. The van der Waals surface area contributed by atoms with Gasteiger partial charge in [0, 0.05) is 24.2 Å². The Hall–Kier alpha value is -2.73. The van der Waals surface area contributed by atoms with Crippen molar-refractivity contribution in [2.24, 2.45) is 0 Å². The van der Waals surface area contributed by atoms with Crippen molar-refractivity contribution in [3.8, 4) is 0 Å². The number of hydrogen-bond acceptors (Lipinski definition) is 5. The fourth-order valence-corrected chi connectivity index (χ4v) is 3.36. The number of carbonyl (C=O) groups is 1. The molecule has 0 unspecified atom stereocenters. The molecule has 0 bridgehead atoms. The number of benzene rings is 1. The first-order chi connectivity index (χ1) is 12.5. The third kappa shape index (κ3) is 4.46. The molecule has 0 fully saturated rings. The first-order valence-electron chi connectivity index (χ1n) is 8.49. The highest BCUT2D eigenvalue weighted by atomic mass is 32.1. The van der Waals surface area contributed by atoms with Crippen molar-refractivity contribution < 1.29 is 4.79 Å². The van der Waals surface area contributed by atoms with Gasteiger partial charge in [-0.1, -0.05) is 24.3 Å². The zero-order chi connectivity index (χ0) is 18.5. The highest BCUT2D eigenvalue weighted by Crippen LogP contribution is 2.24. The van der Waals surface area contributed by atoms with E-state index in [2.05, 4.69) is 47.3 Å². The molecule has 3 N–H and O–H groups in total. The normalized spacial score (nSPS) is 11.9. The minimum atomic E-state index is -0.226. The van der Waals surface area contributed by atoms with Crippen LogP contribution < -0.4 is 11.1 Å². The minimum absolute atomic E-state index is 0.0244. The number of nitrogens with two attached hydrogens (primary N) is 1. The monoisotopic (exact) mass is 366 g/mol. The average molecular weight is 366 g/mol. The molecule has 0 aliphatic rings. The Morgan fingerprint density at radius 3 is 2.73 bits per heavy atom. The molecule has 0 radical (unpaired) electrons. The van der Waals surface area contributed by atoms with Crippen LogP contribution in [0.15, 0.2) is 48.1 Å². The van der Waals surface area contributed by atoms with Crippen LogP contribution in [0.1, 0.15) is 40.4 Å². The van der Waals surface area contributed by atoms with Crippen molar-refractivity contribution in [1.82, 2.24) is 15.3 Å².